The lowest BCUT2D eigenvalue weighted by Crippen LogP contribution is -2.11. The molecule has 0 amide bonds. The average Bonchev–Trinajstić information content (AvgIpc) is 2.53. The third kappa shape index (κ3) is 3.78. The van der Waals surface area contributed by atoms with E-state index in [4.69, 9.17) is 14.5 Å². The van der Waals surface area contributed by atoms with Gasteiger partial charge in [-0.3, -0.25) is 9.36 Å². The Kier molecular flexibility index (Phi) is 3.04. The van der Waals surface area contributed by atoms with Crippen molar-refractivity contribution in [3.8, 4) is 0 Å². The van der Waals surface area contributed by atoms with Crippen LogP contribution in [0.3, 0.4) is 0 Å². The molecule has 6 heteroatoms. The lowest BCUT2D eigenvalue weighted by atomic mass is 10.2. The normalized spacial score (nSPS) is 24.4. The molecule has 0 aromatic rings. The molecule has 0 spiro atoms. The van der Waals surface area contributed by atoms with E-state index in [2.05, 4.69) is 0 Å². The molecule has 0 aromatic carbocycles. The summed E-state index contributed by atoms with van der Waals surface area (Å²) < 4.78 is 15.4. The van der Waals surface area contributed by atoms with Gasteiger partial charge >= 0.3 is 13.6 Å². The monoisotopic (exact) mass is 222 g/mol. The lowest BCUT2D eigenvalue weighted by Gasteiger charge is -2.06. The molecule has 0 aromatic heterocycles. The first-order chi connectivity index (χ1) is 6.21. The molecule has 0 saturated heterocycles. The van der Waals surface area contributed by atoms with Crippen LogP contribution in [0.5, 0.6) is 0 Å². The first-order valence-corrected chi connectivity index (χ1v) is 6.24. The van der Waals surface area contributed by atoms with Crippen LogP contribution in [0.4, 0.5) is 0 Å². The van der Waals surface area contributed by atoms with Crippen molar-refractivity contribution < 1.29 is 23.9 Å². The van der Waals surface area contributed by atoms with Crippen LogP contribution < -0.4 is 0 Å². The summed E-state index contributed by atoms with van der Waals surface area (Å²) in [6, 6.07) is 0. The van der Waals surface area contributed by atoms with Crippen molar-refractivity contribution in [3.05, 3.63) is 0 Å². The van der Waals surface area contributed by atoms with Gasteiger partial charge in [0.15, 0.2) is 0 Å². The van der Waals surface area contributed by atoms with Crippen molar-refractivity contribution in [1.82, 2.24) is 0 Å². The third-order valence-corrected chi connectivity index (χ3v) is 3.11. The highest BCUT2D eigenvalue weighted by Crippen LogP contribution is 2.47. The van der Waals surface area contributed by atoms with E-state index in [0.717, 1.165) is 6.42 Å². The maximum atomic E-state index is 11.1. The number of esters is 1. The standard InChI is InChI=1S/C8H15O5P/c1-8(2)5-6(8)13-7(9)3-4-14(10,11)12/h6H,3-5H2,1-2H3,(H2,10,11,12). The van der Waals surface area contributed by atoms with E-state index in [-0.39, 0.29) is 17.9 Å². The Hall–Kier alpha value is -0.380. The van der Waals surface area contributed by atoms with Gasteiger partial charge in [-0.05, 0) is 6.42 Å². The summed E-state index contributed by atoms with van der Waals surface area (Å²) in [6.07, 6.45) is 0.108. The molecule has 0 radical (unpaired) electrons. The van der Waals surface area contributed by atoms with Crippen molar-refractivity contribution in [2.75, 3.05) is 6.16 Å². The van der Waals surface area contributed by atoms with Crippen LogP contribution in [0, 0.1) is 5.41 Å². The largest absolute Gasteiger partial charge is 0.462 e. The van der Waals surface area contributed by atoms with Gasteiger partial charge in [0.2, 0.25) is 0 Å². The minimum absolute atomic E-state index is 0.0395. The van der Waals surface area contributed by atoms with Crippen molar-refractivity contribution in [2.24, 2.45) is 5.41 Å². The maximum Gasteiger partial charge on any atom is 0.326 e. The smallest absolute Gasteiger partial charge is 0.326 e. The van der Waals surface area contributed by atoms with Gasteiger partial charge in [0.05, 0.1) is 12.6 Å². The molecule has 1 saturated carbocycles. The highest BCUT2D eigenvalue weighted by atomic mass is 31.2. The van der Waals surface area contributed by atoms with E-state index in [0.29, 0.717) is 0 Å². The van der Waals surface area contributed by atoms with E-state index in [1.54, 1.807) is 0 Å². The Labute approximate surface area is 82.6 Å². The number of hydrogen-bond acceptors (Lipinski definition) is 3. The molecule has 1 fully saturated rings. The quantitative estimate of drug-likeness (QED) is 0.545. The van der Waals surface area contributed by atoms with Crippen LogP contribution in [-0.4, -0.2) is 28.0 Å². The number of rotatable bonds is 4. The number of carbonyl (C=O) groups excluding carboxylic acids is 1. The second-order valence-corrected chi connectivity index (χ2v) is 6.09. The summed E-state index contributed by atoms with van der Waals surface area (Å²) in [5, 5.41) is 0. The summed E-state index contributed by atoms with van der Waals surface area (Å²) in [4.78, 5) is 28.1. The zero-order chi connectivity index (χ0) is 11.0. The van der Waals surface area contributed by atoms with Gasteiger partial charge in [0, 0.05) is 5.41 Å². The van der Waals surface area contributed by atoms with Gasteiger partial charge in [-0.25, -0.2) is 0 Å². The molecule has 5 nitrogen and oxygen atoms in total. The Morgan fingerprint density at radius 3 is 2.43 bits per heavy atom. The van der Waals surface area contributed by atoms with Gasteiger partial charge in [-0.2, -0.15) is 0 Å². The molecule has 1 aliphatic carbocycles. The van der Waals surface area contributed by atoms with Gasteiger partial charge < -0.3 is 14.5 Å². The van der Waals surface area contributed by atoms with Crippen molar-refractivity contribution >= 4 is 13.6 Å². The first kappa shape index (κ1) is 11.7. The van der Waals surface area contributed by atoms with E-state index in [1.165, 1.54) is 0 Å². The first-order valence-electron chi connectivity index (χ1n) is 4.45. The summed E-state index contributed by atoms with van der Waals surface area (Å²) in [7, 11) is -4.08. The molecular weight excluding hydrogens is 207 g/mol. The summed E-state index contributed by atoms with van der Waals surface area (Å²) in [5.41, 5.74) is 0.0395. The van der Waals surface area contributed by atoms with Crippen LogP contribution in [0.2, 0.25) is 0 Å². The SMILES string of the molecule is CC1(C)CC1OC(=O)CCP(=O)(O)O. The molecule has 2 N–H and O–H groups in total. The summed E-state index contributed by atoms with van der Waals surface area (Å²) in [5.74, 6) is -0.524. The van der Waals surface area contributed by atoms with Gasteiger partial charge in [-0.15, -0.1) is 0 Å². The van der Waals surface area contributed by atoms with Crippen molar-refractivity contribution in [2.45, 2.75) is 32.8 Å². The fourth-order valence-corrected chi connectivity index (χ4v) is 1.55. The summed E-state index contributed by atoms with van der Waals surface area (Å²) >= 11 is 0. The van der Waals surface area contributed by atoms with Crippen LogP contribution >= 0.6 is 7.60 Å². The third-order valence-electron chi connectivity index (χ3n) is 2.30. The highest BCUT2D eigenvalue weighted by Gasteiger charge is 2.49. The molecule has 0 heterocycles. The molecule has 1 rings (SSSR count). The lowest BCUT2D eigenvalue weighted by molar-refractivity contribution is -0.145. The van der Waals surface area contributed by atoms with Crippen LogP contribution in [0.25, 0.3) is 0 Å². The predicted octanol–water partition coefficient (Wildman–Crippen LogP) is 0.896. The van der Waals surface area contributed by atoms with Crippen LogP contribution in [0.1, 0.15) is 26.7 Å². The molecule has 1 aliphatic rings. The Morgan fingerprint density at radius 1 is 1.57 bits per heavy atom. The minimum Gasteiger partial charge on any atom is -0.462 e. The molecule has 0 aliphatic heterocycles. The second-order valence-electron chi connectivity index (χ2n) is 4.31. The van der Waals surface area contributed by atoms with E-state index in [1.807, 2.05) is 13.8 Å². The second kappa shape index (κ2) is 3.65. The fourth-order valence-electron chi connectivity index (χ4n) is 1.07. The van der Waals surface area contributed by atoms with Crippen molar-refractivity contribution in [1.29, 1.82) is 0 Å². The number of ether oxygens (including phenoxy) is 1. The van der Waals surface area contributed by atoms with E-state index in [9.17, 15) is 9.36 Å². The Balaban J connectivity index is 2.22. The Bertz CT molecular complexity index is 279. The minimum atomic E-state index is -4.08. The molecule has 82 valence electrons. The predicted molar refractivity (Wildman–Crippen MR) is 49.8 cm³/mol. The zero-order valence-corrected chi connectivity index (χ0v) is 9.16. The maximum absolute atomic E-state index is 11.1. The average molecular weight is 222 g/mol. The molecular formula is C8H15O5P. The van der Waals surface area contributed by atoms with Gasteiger partial charge in [0.1, 0.15) is 6.10 Å². The van der Waals surface area contributed by atoms with E-state index >= 15 is 0 Å². The molecule has 14 heavy (non-hydrogen) atoms. The van der Waals surface area contributed by atoms with Crippen molar-refractivity contribution in [3.63, 3.8) is 0 Å². The zero-order valence-electron chi connectivity index (χ0n) is 8.27. The summed E-state index contributed by atoms with van der Waals surface area (Å²) in [6.45, 7) is 3.96. The van der Waals surface area contributed by atoms with Crippen LogP contribution in [-0.2, 0) is 14.1 Å². The van der Waals surface area contributed by atoms with Crippen LogP contribution in [0.15, 0.2) is 0 Å². The molecule has 1 unspecified atom stereocenters. The van der Waals surface area contributed by atoms with Gasteiger partial charge in [-0.1, -0.05) is 13.8 Å². The highest BCUT2D eigenvalue weighted by molar-refractivity contribution is 7.51. The van der Waals surface area contributed by atoms with Gasteiger partial charge in [0.25, 0.3) is 0 Å². The number of hydrogen-bond donors (Lipinski definition) is 2. The topological polar surface area (TPSA) is 83.8 Å². The molecule has 0 bridgehead atoms. The molecule has 1 atom stereocenters. The van der Waals surface area contributed by atoms with E-state index < -0.39 is 19.7 Å². The number of carbonyl (C=O) groups is 1. The Morgan fingerprint density at radius 2 is 2.07 bits per heavy atom. The fraction of sp³-hybridized carbons (Fsp3) is 0.875.